The molecule has 2 heterocycles. The van der Waals surface area contributed by atoms with Crippen molar-refractivity contribution in [3.63, 3.8) is 0 Å². The van der Waals surface area contributed by atoms with Gasteiger partial charge in [-0.15, -0.1) is 0 Å². The van der Waals surface area contributed by atoms with Gasteiger partial charge in [-0.25, -0.2) is 4.98 Å². The third kappa shape index (κ3) is 4.82. The number of pyridine rings is 1. The van der Waals surface area contributed by atoms with Crippen LogP contribution in [0.25, 0.3) is 22.3 Å². The van der Waals surface area contributed by atoms with Crippen molar-refractivity contribution in [3.8, 4) is 11.4 Å². The predicted octanol–water partition coefficient (Wildman–Crippen LogP) is 2.76. The highest BCUT2D eigenvalue weighted by Gasteiger charge is 2.27. The summed E-state index contributed by atoms with van der Waals surface area (Å²) in [5.74, 6) is 0.309. The molecule has 0 atom stereocenters. The van der Waals surface area contributed by atoms with Crippen LogP contribution in [0.5, 0.6) is 5.75 Å². The number of hydrogen-bond donors (Lipinski definition) is 2. The van der Waals surface area contributed by atoms with Crippen molar-refractivity contribution in [3.05, 3.63) is 58.6 Å². The molecule has 3 aromatic rings. The van der Waals surface area contributed by atoms with Crippen LogP contribution in [0.2, 0.25) is 0 Å². The number of anilines is 1. The summed E-state index contributed by atoms with van der Waals surface area (Å²) < 4.78 is 44.1. The minimum absolute atomic E-state index is 0.128. The Balaban J connectivity index is 2.27. The maximum Gasteiger partial charge on any atom is 0.405 e. The van der Waals surface area contributed by atoms with Gasteiger partial charge in [0, 0.05) is 36.6 Å². The van der Waals surface area contributed by atoms with E-state index >= 15 is 0 Å². The first-order valence-corrected chi connectivity index (χ1v) is 8.99. The Morgan fingerprint density at radius 1 is 1.32 bits per heavy atom. The molecule has 3 rings (SSSR count). The van der Waals surface area contributed by atoms with E-state index in [-0.39, 0.29) is 17.2 Å². The van der Waals surface area contributed by atoms with Crippen LogP contribution in [-0.4, -0.2) is 47.6 Å². The molecule has 0 fully saturated rings. The highest BCUT2D eigenvalue weighted by molar-refractivity contribution is 6.10. The number of alkyl halides is 3. The van der Waals surface area contributed by atoms with Gasteiger partial charge in [-0.3, -0.25) is 14.4 Å². The van der Waals surface area contributed by atoms with Gasteiger partial charge in [0.15, 0.2) is 5.65 Å². The SMILES string of the molecule is CN=C/C(=C\N)c1cc2cnc(NCC(F)(F)F)nc2n(-c2ccc(OC)cc2)c1=O. The van der Waals surface area contributed by atoms with Gasteiger partial charge in [0.1, 0.15) is 12.3 Å². The molecule has 0 unspecified atom stereocenters. The first-order chi connectivity index (χ1) is 14.8. The van der Waals surface area contributed by atoms with Crippen LogP contribution in [0.4, 0.5) is 19.1 Å². The quantitative estimate of drug-likeness (QED) is 0.580. The van der Waals surface area contributed by atoms with E-state index in [0.717, 1.165) is 0 Å². The maximum atomic E-state index is 13.4. The Bertz CT molecular complexity index is 1200. The minimum Gasteiger partial charge on any atom is -0.497 e. The molecule has 3 N–H and O–H groups in total. The summed E-state index contributed by atoms with van der Waals surface area (Å²) in [6.45, 7) is -1.31. The molecule has 8 nitrogen and oxygen atoms in total. The summed E-state index contributed by atoms with van der Waals surface area (Å²) in [5, 5.41) is 2.55. The molecule has 0 saturated carbocycles. The summed E-state index contributed by atoms with van der Waals surface area (Å²) >= 11 is 0. The number of nitrogens with two attached hydrogens (primary N) is 1. The number of benzene rings is 1. The number of hydrogen-bond acceptors (Lipinski definition) is 7. The van der Waals surface area contributed by atoms with Crippen molar-refractivity contribution in [2.24, 2.45) is 10.7 Å². The van der Waals surface area contributed by atoms with E-state index in [9.17, 15) is 18.0 Å². The Labute approximate surface area is 174 Å². The van der Waals surface area contributed by atoms with E-state index in [1.165, 1.54) is 43.4 Å². The number of rotatable bonds is 6. The van der Waals surface area contributed by atoms with Crippen molar-refractivity contribution in [2.45, 2.75) is 6.18 Å². The second kappa shape index (κ2) is 8.86. The van der Waals surface area contributed by atoms with Crippen LogP contribution in [0.15, 0.2) is 52.5 Å². The number of fused-ring (bicyclic) bond motifs is 1. The molecule has 2 aromatic heterocycles. The highest BCUT2D eigenvalue weighted by Crippen LogP contribution is 2.22. The standard InChI is InChI=1S/C20H19F3N6O2/c1-25-9-13(8-24)16-7-12-10-26-19(27-11-20(21,22)23)28-17(12)29(18(16)30)14-3-5-15(31-2)6-4-14/h3-10H,11,24H2,1-2H3,(H,26,27,28)/b13-8+,25-9?. The highest BCUT2D eigenvalue weighted by atomic mass is 19.4. The summed E-state index contributed by atoms with van der Waals surface area (Å²) in [6, 6.07) is 8.09. The number of allylic oxidation sites excluding steroid dienone is 1. The lowest BCUT2D eigenvalue weighted by atomic mass is 10.1. The van der Waals surface area contributed by atoms with Gasteiger partial charge in [-0.05, 0) is 30.3 Å². The lowest BCUT2D eigenvalue weighted by molar-refractivity contribution is -0.115. The summed E-state index contributed by atoms with van der Waals surface area (Å²) in [4.78, 5) is 25.3. The Kier molecular flexibility index (Phi) is 6.23. The fraction of sp³-hybridized carbons (Fsp3) is 0.200. The summed E-state index contributed by atoms with van der Waals surface area (Å²) in [6.07, 6.45) is -0.436. The van der Waals surface area contributed by atoms with Crippen molar-refractivity contribution < 1.29 is 17.9 Å². The zero-order valence-electron chi connectivity index (χ0n) is 16.6. The lowest BCUT2D eigenvalue weighted by Gasteiger charge is -2.14. The van der Waals surface area contributed by atoms with Gasteiger partial charge >= 0.3 is 6.18 Å². The molecule has 162 valence electrons. The van der Waals surface area contributed by atoms with E-state index in [4.69, 9.17) is 10.5 Å². The third-order valence-corrected chi connectivity index (χ3v) is 4.28. The van der Waals surface area contributed by atoms with Gasteiger partial charge in [0.05, 0.1) is 18.4 Å². The largest absolute Gasteiger partial charge is 0.497 e. The van der Waals surface area contributed by atoms with Crippen LogP contribution in [0, 0.1) is 0 Å². The van der Waals surface area contributed by atoms with Gasteiger partial charge in [-0.1, -0.05) is 0 Å². The molecule has 0 aliphatic carbocycles. The average molecular weight is 432 g/mol. The van der Waals surface area contributed by atoms with Crippen LogP contribution < -0.4 is 21.3 Å². The molecule has 0 radical (unpaired) electrons. The Morgan fingerprint density at radius 2 is 2.03 bits per heavy atom. The number of halogens is 3. The van der Waals surface area contributed by atoms with Gasteiger partial charge in [0.2, 0.25) is 5.95 Å². The first kappa shape index (κ1) is 21.8. The normalized spacial score (nSPS) is 12.5. The monoisotopic (exact) mass is 432 g/mol. The van der Waals surface area contributed by atoms with E-state index in [0.29, 0.717) is 22.4 Å². The smallest absolute Gasteiger partial charge is 0.405 e. The van der Waals surface area contributed by atoms with E-state index in [2.05, 4.69) is 20.3 Å². The molecule has 0 saturated heterocycles. The number of methoxy groups -OCH3 is 1. The molecular weight excluding hydrogens is 413 g/mol. The van der Waals surface area contributed by atoms with E-state index < -0.39 is 18.3 Å². The van der Waals surface area contributed by atoms with Crippen molar-refractivity contribution >= 4 is 28.8 Å². The van der Waals surface area contributed by atoms with Gasteiger partial charge < -0.3 is 15.8 Å². The second-order valence-electron chi connectivity index (χ2n) is 6.35. The Morgan fingerprint density at radius 3 is 2.61 bits per heavy atom. The second-order valence-corrected chi connectivity index (χ2v) is 6.35. The first-order valence-electron chi connectivity index (χ1n) is 8.99. The molecule has 0 spiro atoms. The van der Waals surface area contributed by atoms with Gasteiger partial charge in [0.25, 0.3) is 5.56 Å². The number of ether oxygens (including phenoxy) is 1. The third-order valence-electron chi connectivity index (χ3n) is 4.28. The molecule has 0 aliphatic rings. The predicted molar refractivity (Wildman–Crippen MR) is 113 cm³/mol. The number of aromatic nitrogens is 3. The number of nitrogens with one attached hydrogen (secondary N) is 1. The minimum atomic E-state index is -4.45. The summed E-state index contributed by atoms with van der Waals surface area (Å²) in [7, 11) is 3.04. The molecule has 0 aliphatic heterocycles. The molecular formula is C20H19F3N6O2. The van der Waals surface area contributed by atoms with Crippen LogP contribution in [-0.2, 0) is 0 Å². The van der Waals surface area contributed by atoms with Gasteiger partial charge in [-0.2, -0.15) is 18.2 Å². The summed E-state index contributed by atoms with van der Waals surface area (Å²) in [5.41, 5.74) is 6.36. The topological polar surface area (TPSA) is 107 Å². The molecule has 31 heavy (non-hydrogen) atoms. The molecule has 0 amide bonds. The zero-order valence-corrected chi connectivity index (χ0v) is 16.6. The van der Waals surface area contributed by atoms with Crippen LogP contribution in [0.3, 0.4) is 0 Å². The molecule has 0 bridgehead atoms. The van der Waals surface area contributed by atoms with Crippen LogP contribution >= 0.6 is 0 Å². The zero-order chi connectivity index (χ0) is 22.6. The lowest BCUT2D eigenvalue weighted by Crippen LogP contribution is -2.25. The fourth-order valence-corrected chi connectivity index (χ4v) is 2.88. The molecule has 11 heteroatoms. The van der Waals surface area contributed by atoms with Crippen molar-refractivity contribution in [1.82, 2.24) is 14.5 Å². The molecule has 1 aromatic carbocycles. The number of aliphatic imine (C=N–C) groups is 1. The van der Waals surface area contributed by atoms with Crippen molar-refractivity contribution in [2.75, 3.05) is 26.0 Å². The fourth-order valence-electron chi connectivity index (χ4n) is 2.88. The maximum absolute atomic E-state index is 13.4. The average Bonchev–Trinajstić information content (AvgIpc) is 2.75. The van der Waals surface area contributed by atoms with Crippen LogP contribution in [0.1, 0.15) is 5.56 Å². The Hall–Kier alpha value is -3.89. The van der Waals surface area contributed by atoms with Crippen molar-refractivity contribution in [1.29, 1.82) is 0 Å². The number of nitrogens with zero attached hydrogens (tertiary/aromatic N) is 4. The van der Waals surface area contributed by atoms with E-state index in [1.807, 2.05) is 0 Å². The van der Waals surface area contributed by atoms with E-state index in [1.54, 1.807) is 24.3 Å².